The van der Waals surface area contributed by atoms with E-state index in [1.54, 1.807) is 6.33 Å². The molecular weight excluding hydrogens is 312 g/mol. The van der Waals surface area contributed by atoms with E-state index in [-0.39, 0.29) is 11.3 Å². The van der Waals surface area contributed by atoms with Crippen molar-refractivity contribution in [2.45, 2.75) is 33.1 Å². The number of rotatable bonds is 2. The average molecular weight is 334 g/mol. The maximum Gasteiger partial charge on any atom is 0.257 e. The second kappa shape index (κ2) is 5.96. The van der Waals surface area contributed by atoms with E-state index in [0.717, 1.165) is 24.0 Å². The van der Waals surface area contributed by atoms with E-state index in [2.05, 4.69) is 35.0 Å². The van der Waals surface area contributed by atoms with Gasteiger partial charge < -0.3 is 14.2 Å². The van der Waals surface area contributed by atoms with Gasteiger partial charge in [0, 0.05) is 43.1 Å². The van der Waals surface area contributed by atoms with Gasteiger partial charge in [-0.05, 0) is 13.0 Å². The van der Waals surface area contributed by atoms with Crippen molar-refractivity contribution in [1.29, 1.82) is 0 Å². The summed E-state index contributed by atoms with van der Waals surface area (Å²) in [5.41, 5.74) is 0.583. The van der Waals surface area contributed by atoms with Gasteiger partial charge in [-0.25, -0.2) is 4.98 Å². The van der Waals surface area contributed by atoms with E-state index in [0.29, 0.717) is 24.4 Å². The molecule has 7 heteroatoms. The number of aryl methyl sites for hydroxylation is 1. The first-order chi connectivity index (χ1) is 10.9. The molecule has 0 unspecified atom stereocenters. The highest BCUT2D eigenvalue weighted by Gasteiger charge is 2.28. The summed E-state index contributed by atoms with van der Waals surface area (Å²) in [5, 5.41) is 0.923. The molecule has 1 amide bonds. The normalized spacial score (nSPS) is 16.0. The fourth-order valence-electron chi connectivity index (χ4n) is 2.64. The number of amides is 1. The third kappa shape index (κ3) is 3.24. The standard InChI is InChI=1S/C16H22N4O2S/c1-11-12(9-13(22-11)16(2,3)4)14(21)19-5-7-20(8-6-19)15-17-10-18-23-15/h9-10H,5-8H2,1-4H3. The smallest absolute Gasteiger partial charge is 0.257 e. The lowest BCUT2D eigenvalue weighted by molar-refractivity contribution is 0.0745. The van der Waals surface area contributed by atoms with Crippen LogP contribution in [0, 0.1) is 6.92 Å². The molecule has 1 aliphatic rings. The third-order valence-electron chi connectivity index (χ3n) is 4.07. The number of furan rings is 1. The first kappa shape index (κ1) is 16.0. The number of anilines is 1. The lowest BCUT2D eigenvalue weighted by Crippen LogP contribution is -2.48. The molecule has 1 fully saturated rings. The maximum atomic E-state index is 12.8. The van der Waals surface area contributed by atoms with Crippen LogP contribution in [0.3, 0.4) is 0 Å². The Labute approximate surface area is 140 Å². The third-order valence-corrected chi connectivity index (χ3v) is 4.80. The van der Waals surface area contributed by atoms with Crippen LogP contribution in [0.2, 0.25) is 0 Å². The highest BCUT2D eigenvalue weighted by molar-refractivity contribution is 7.09. The van der Waals surface area contributed by atoms with Crippen molar-refractivity contribution < 1.29 is 9.21 Å². The molecule has 23 heavy (non-hydrogen) atoms. The zero-order valence-corrected chi connectivity index (χ0v) is 14.8. The maximum absolute atomic E-state index is 12.8. The SMILES string of the molecule is Cc1oc(C(C)(C)C)cc1C(=O)N1CCN(c2ncns2)CC1. The Kier molecular flexibility index (Phi) is 4.14. The molecule has 124 valence electrons. The lowest BCUT2D eigenvalue weighted by Gasteiger charge is -2.34. The van der Waals surface area contributed by atoms with E-state index in [1.165, 1.54) is 11.5 Å². The van der Waals surface area contributed by atoms with Gasteiger partial charge in [0.05, 0.1) is 5.56 Å². The minimum absolute atomic E-state index is 0.0543. The molecule has 2 aromatic heterocycles. The van der Waals surface area contributed by atoms with E-state index < -0.39 is 0 Å². The quantitative estimate of drug-likeness (QED) is 0.845. The molecule has 2 aromatic rings. The fraction of sp³-hybridized carbons (Fsp3) is 0.562. The molecule has 0 saturated carbocycles. The molecule has 0 aliphatic carbocycles. The summed E-state index contributed by atoms with van der Waals surface area (Å²) in [6.45, 7) is 11.1. The van der Waals surface area contributed by atoms with Gasteiger partial charge in [-0.1, -0.05) is 20.8 Å². The number of carbonyl (C=O) groups is 1. The van der Waals surface area contributed by atoms with Crippen LogP contribution < -0.4 is 4.90 Å². The summed E-state index contributed by atoms with van der Waals surface area (Å²) in [6.07, 6.45) is 1.57. The second-order valence-corrected chi connectivity index (χ2v) is 7.59. The fourth-order valence-corrected chi connectivity index (χ4v) is 3.22. The molecule has 0 aromatic carbocycles. The van der Waals surface area contributed by atoms with Crippen molar-refractivity contribution >= 4 is 22.6 Å². The summed E-state index contributed by atoms with van der Waals surface area (Å²) < 4.78 is 9.83. The van der Waals surface area contributed by atoms with Crippen molar-refractivity contribution in [2.24, 2.45) is 0 Å². The molecule has 1 aliphatic heterocycles. The predicted octanol–water partition coefficient (Wildman–Crippen LogP) is 2.70. The topological polar surface area (TPSA) is 62.5 Å². The van der Waals surface area contributed by atoms with Gasteiger partial charge in [-0.15, -0.1) is 0 Å². The Morgan fingerprint density at radius 2 is 1.96 bits per heavy atom. The van der Waals surface area contributed by atoms with Crippen LogP contribution >= 0.6 is 11.5 Å². The van der Waals surface area contributed by atoms with Crippen molar-refractivity contribution in [2.75, 3.05) is 31.1 Å². The number of piperazine rings is 1. The summed E-state index contributed by atoms with van der Waals surface area (Å²) >= 11 is 1.39. The van der Waals surface area contributed by atoms with Gasteiger partial charge in [-0.3, -0.25) is 4.79 Å². The molecule has 6 nitrogen and oxygen atoms in total. The number of nitrogens with zero attached hydrogens (tertiary/aromatic N) is 4. The second-order valence-electron chi connectivity index (χ2n) is 6.83. The Balaban J connectivity index is 1.69. The van der Waals surface area contributed by atoms with E-state index in [1.807, 2.05) is 17.9 Å². The van der Waals surface area contributed by atoms with Crippen LogP contribution in [-0.2, 0) is 5.41 Å². The van der Waals surface area contributed by atoms with Crippen LogP contribution in [0.1, 0.15) is 42.6 Å². The molecule has 1 saturated heterocycles. The van der Waals surface area contributed by atoms with Gasteiger partial charge in [-0.2, -0.15) is 4.37 Å². The number of aromatic nitrogens is 2. The minimum atomic E-state index is -0.0974. The van der Waals surface area contributed by atoms with E-state index in [9.17, 15) is 4.79 Å². The van der Waals surface area contributed by atoms with Gasteiger partial charge >= 0.3 is 0 Å². The Bertz CT molecular complexity index is 679. The number of hydrogen-bond donors (Lipinski definition) is 0. The van der Waals surface area contributed by atoms with Crippen LogP contribution in [0.4, 0.5) is 5.13 Å². The van der Waals surface area contributed by atoms with Crippen molar-refractivity contribution in [3.63, 3.8) is 0 Å². The Morgan fingerprint density at radius 3 is 2.48 bits per heavy atom. The van der Waals surface area contributed by atoms with Gasteiger partial charge in [0.1, 0.15) is 17.8 Å². The van der Waals surface area contributed by atoms with Gasteiger partial charge in [0.25, 0.3) is 5.91 Å². The molecule has 3 rings (SSSR count). The largest absolute Gasteiger partial charge is 0.465 e. The van der Waals surface area contributed by atoms with Crippen LogP contribution in [-0.4, -0.2) is 46.3 Å². The molecule has 0 bridgehead atoms. The summed E-state index contributed by atoms with van der Waals surface area (Å²) in [5.74, 6) is 1.61. The van der Waals surface area contributed by atoms with Crippen LogP contribution in [0.25, 0.3) is 0 Å². The number of hydrogen-bond acceptors (Lipinski definition) is 6. The van der Waals surface area contributed by atoms with Crippen LogP contribution in [0.15, 0.2) is 16.8 Å². The Hall–Kier alpha value is -1.89. The lowest BCUT2D eigenvalue weighted by atomic mass is 9.93. The Morgan fingerprint density at radius 1 is 1.26 bits per heavy atom. The molecule has 0 atom stereocenters. The minimum Gasteiger partial charge on any atom is -0.465 e. The molecule has 3 heterocycles. The first-order valence-electron chi connectivity index (χ1n) is 7.78. The van der Waals surface area contributed by atoms with Crippen molar-refractivity contribution in [3.05, 3.63) is 29.5 Å². The van der Waals surface area contributed by atoms with Gasteiger partial charge in [0.15, 0.2) is 0 Å². The molecule has 0 radical (unpaired) electrons. The predicted molar refractivity (Wildman–Crippen MR) is 90.2 cm³/mol. The van der Waals surface area contributed by atoms with E-state index in [4.69, 9.17) is 4.42 Å². The summed E-state index contributed by atoms with van der Waals surface area (Å²) in [7, 11) is 0. The molecule has 0 spiro atoms. The summed E-state index contributed by atoms with van der Waals surface area (Å²) in [4.78, 5) is 21.1. The first-order valence-corrected chi connectivity index (χ1v) is 8.55. The monoisotopic (exact) mass is 334 g/mol. The van der Waals surface area contributed by atoms with E-state index >= 15 is 0 Å². The summed E-state index contributed by atoms with van der Waals surface area (Å²) in [6, 6.07) is 1.90. The average Bonchev–Trinajstić information content (AvgIpc) is 3.15. The van der Waals surface area contributed by atoms with Crippen LogP contribution in [0.5, 0.6) is 0 Å². The zero-order valence-electron chi connectivity index (χ0n) is 14.0. The highest BCUT2D eigenvalue weighted by Crippen LogP contribution is 2.28. The zero-order chi connectivity index (χ0) is 16.6. The van der Waals surface area contributed by atoms with Crippen molar-refractivity contribution in [3.8, 4) is 0 Å². The van der Waals surface area contributed by atoms with Gasteiger partial charge in [0.2, 0.25) is 5.13 Å². The van der Waals surface area contributed by atoms with Crippen molar-refractivity contribution in [1.82, 2.24) is 14.3 Å². The highest BCUT2D eigenvalue weighted by atomic mass is 32.1. The molecular formula is C16H22N4O2S. The number of carbonyl (C=O) groups excluding carboxylic acids is 1. The molecule has 0 N–H and O–H groups in total.